The van der Waals surface area contributed by atoms with Crippen molar-refractivity contribution < 1.29 is 4.79 Å². The standard InChI is InChI=1S/C13H18Cl2N2O.ClH/c1-2-4-12(16)13(18)17-8-7-9-10(14)5-3-6-11(9)15;/h3,5-6,12H,2,4,7-8,16H2,1H3,(H,17,18);1H. The Morgan fingerprint density at radius 1 is 1.37 bits per heavy atom. The van der Waals surface area contributed by atoms with Crippen molar-refractivity contribution in [3.63, 3.8) is 0 Å². The topological polar surface area (TPSA) is 55.1 Å². The van der Waals surface area contributed by atoms with Crippen LogP contribution in [0.25, 0.3) is 0 Å². The van der Waals surface area contributed by atoms with Crippen molar-refractivity contribution in [1.82, 2.24) is 5.32 Å². The van der Waals surface area contributed by atoms with Gasteiger partial charge in [0.05, 0.1) is 6.04 Å². The van der Waals surface area contributed by atoms with Crippen LogP contribution in [0.5, 0.6) is 0 Å². The molecule has 0 saturated carbocycles. The Bertz CT molecular complexity index is 393. The largest absolute Gasteiger partial charge is 0.354 e. The molecule has 1 aromatic rings. The summed E-state index contributed by atoms with van der Waals surface area (Å²) in [6.07, 6.45) is 2.19. The zero-order valence-electron chi connectivity index (χ0n) is 10.8. The van der Waals surface area contributed by atoms with Gasteiger partial charge in [0.15, 0.2) is 0 Å². The van der Waals surface area contributed by atoms with Crippen LogP contribution in [0.1, 0.15) is 25.3 Å². The maximum atomic E-state index is 11.6. The lowest BCUT2D eigenvalue weighted by molar-refractivity contribution is -0.122. The molecule has 1 unspecified atom stereocenters. The molecule has 0 spiro atoms. The van der Waals surface area contributed by atoms with E-state index in [0.717, 1.165) is 12.0 Å². The first-order chi connectivity index (χ1) is 8.56. The van der Waals surface area contributed by atoms with Crippen LogP contribution in [0, 0.1) is 0 Å². The first-order valence-corrected chi connectivity index (χ1v) is 6.78. The van der Waals surface area contributed by atoms with Gasteiger partial charge in [-0.15, -0.1) is 12.4 Å². The van der Waals surface area contributed by atoms with Gasteiger partial charge in [-0.1, -0.05) is 42.6 Å². The zero-order chi connectivity index (χ0) is 13.5. The summed E-state index contributed by atoms with van der Waals surface area (Å²) >= 11 is 12.1. The van der Waals surface area contributed by atoms with E-state index >= 15 is 0 Å². The number of rotatable bonds is 6. The van der Waals surface area contributed by atoms with Crippen molar-refractivity contribution in [2.24, 2.45) is 5.73 Å². The van der Waals surface area contributed by atoms with Crippen LogP contribution in [-0.4, -0.2) is 18.5 Å². The number of benzene rings is 1. The van der Waals surface area contributed by atoms with E-state index in [1.54, 1.807) is 18.2 Å². The summed E-state index contributed by atoms with van der Waals surface area (Å²) in [6.45, 7) is 2.48. The van der Waals surface area contributed by atoms with Crippen LogP contribution in [0.15, 0.2) is 18.2 Å². The minimum Gasteiger partial charge on any atom is -0.354 e. The molecule has 108 valence electrons. The van der Waals surface area contributed by atoms with Gasteiger partial charge in [-0.05, 0) is 30.5 Å². The third-order valence-electron chi connectivity index (χ3n) is 2.67. The van der Waals surface area contributed by atoms with E-state index in [4.69, 9.17) is 28.9 Å². The number of amides is 1. The van der Waals surface area contributed by atoms with E-state index in [9.17, 15) is 4.79 Å². The minimum atomic E-state index is -0.434. The van der Waals surface area contributed by atoms with E-state index in [0.29, 0.717) is 29.4 Å². The van der Waals surface area contributed by atoms with Gasteiger partial charge in [-0.25, -0.2) is 0 Å². The Labute approximate surface area is 130 Å². The average molecular weight is 326 g/mol. The van der Waals surface area contributed by atoms with Crippen LogP contribution in [0.4, 0.5) is 0 Å². The smallest absolute Gasteiger partial charge is 0.236 e. The summed E-state index contributed by atoms with van der Waals surface area (Å²) in [4.78, 5) is 11.6. The molecule has 0 radical (unpaired) electrons. The van der Waals surface area contributed by atoms with Crippen molar-refractivity contribution in [2.75, 3.05) is 6.54 Å². The SMILES string of the molecule is CCCC(N)C(=O)NCCc1c(Cl)cccc1Cl.Cl. The summed E-state index contributed by atoms with van der Waals surface area (Å²) < 4.78 is 0. The monoisotopic (exact) mass is 324 g/mol. The molecular formula is C13H19Cl3N2O. The van der Waals surface area contributed by atoms with Crippen LogP contribution in [0.2, 0.25) is 10.0 Å². The molecule has 1 aromatic carbocycles. The lowest BCUT2D eigenvalue weighted by Crippen LogP contribution is -2.41. The van der Waals surface area contributed by atoms with E-state index in [1.807, 2.05) is 6.92 Å². The molecule has 0 aliphatic heterocycles. The Kier molecular flexibility index (Phi) is 9.19. The molecule has 0 aliphatic carbocycles. The second kappa shape index (κ2) is 9.43. The third-order valence-corrected chi connectivity index (χ3v) is 3.38. The Hall–Kier alpha value is -0.480. The number of nitrogens with two attached hydrogens (primary N) is 1. The van der Waals surface area contributed by atoms with Gasteiger partial charge in [0.1, 0.15) is 0 Å². The van der Waals surface area contributed by atoms with E-state index < -0.39 is 6.04 Å². The fraction of sp³-hybridized carbons (Fsp3) is 0.462. The fourth-order valence-electron chi connectivity index (χ4n) is 1.66. The van der Waals surface area contributed by atoms with Crippen molar-refractivity contribution in [2.45, 2.75) is 32.2 Å². The number of hydrogen-bond donors (Lipinski definition) is 2. The summed E-state index contributed by atoms with van der Waals surface area (Å²) in [5, 5.41) is 4.03. The number of carbonyl (C=O) groups excluding carboxylic acids is 1. The molecule has 0 aromatic heterocycles. The lowest BCUT2D eigenvalue weighted by Gasteiger charge is -2.12. The quantitative estimate of drug-likeness (QED) is 0.844. The molecule has 1 rings (SSSR count). The van der Waals surface area contributed by atoms with E-state index in [1.165, 1.54) is 0 Å². The summed E-state index contributed by atoms with van der Waals surface area (Å²) in [5.74, 6) is -0.125. The molecule has 1 atom stereocenters. The minimum absolute atomic E-state index is 0. The van der Waals surface area contributed by atoms with Crippen LogP contribution in [0.3, 0.4) is 0 Å². The first kappa shape index (κ1) is 18.5. The predicted molar refractivity (Wildman–Crippen MR) is 83.3 cm³/mol. The van der Waals surface area contributed by atoms with Gasteiger partial charge in [-0.2, -0.15) is 0 Å². The summed E-state index contributed by atoms with van der Waals surface area (Å²) in [6, 6.07) is 4.93. The van der Waals surface area contributed by atoms with E-state index in [2.05, 4.69) is 5.32 Å². The van der Waals surface area contributed by atoms with Gasteiger partial charge in [0.2, 0.25) is 5.91 Å². The van der Waals surface area contributed by atoms with Crippen molar-refractivity contribution >= 4 is 41.5 Å². The van der Waals surface area contributed by atoms with Gasteiger partial charge >= 0.3 is 0 Å². The lowest BCUT2D eigenvalue weighted by atomic mass is 10.1. The summed E-state index contributed by atoms with van der Waals surface area (Å²) in [7, 11) is 0. The highest BCUT2D eigenvalue weighted by atomic mass is 35.5. The molecule has 1 amide bonds. The maximum Gasteiger partial charge on any atom is 0.236 e. The van der Waals surface area contributed by atoms with Gasteiger partial charge < -0.3 is 11.1 Å². The highest BCUT2D eigenvalue weighted by molar-refractivity contribution is 6.35. The number of carbonyl (C=O) groups is 1. The zero-order valence-corrected chi connectivity index (χ0v) is 13.1. The highest BCUT2D eigenvalue weighted by Gasteiger charge is 2.12. The molecule has 0 bridgehead atoms. The number of hydrogen-bond acceptors (Lipinski definition) is 2. The van der Waals surface area contributed by atoms with Gasteiger partial charge in [0, 0.05) is 16.6 Å². The second-order valence-electron chi connectivity index (χ2n) is 4.14. The molecule has 3 nitrogen and oxygen atoms in total. The highest BCUT2D eigenvalue weighted by Crippen LogP contribution is 2.24. The Morgan fingerprint density at radius 3 is 2.47 bits per heavy atom. The Morgan fingerprint density at radius 2 is 1.95 bits per heavy atom. The molecule has 6 heteroatoms. The van der Waals surface area contributed by atoms with Crippen molar-refractivity contribution in [3.05, 3.63) is 33.8 Å². The molecule has 3 N–H and O–H groups in total. The summed E-state index contributed by atoms with van der Waals surface area (Å²) in [5.41, 5.74) is 6.55. The van der Waals surface area contributed by atoms with Crippen LogP contribution >= 0.6 is 35.6 Å². The molecule has 0 heterocycles. The molecule has 0 saturated heterocycles. The van der Waals surface area contributed by atoms with Crippen molar-refractivity contribution in [3.8, 4) is 0 Å². The maximum absolute atomic E-state index is 11.6. The van der Waals surface area contributed by atoms with Crippen molar-refractivity contribution in [1.29, 1.82) is 0 Å². The normalized spacial score (nSPS) is 11.6. The average Bonchev–Trinajstić information content (AvgIpc) is 2.33. The Balaban J connectivity index is 0.00000324. The molecule has 0 fully saturated rings. The third kappa shape index (κ3) is 6.00. The molecule has 0 aliphatic rings. The number of nitrogens with one attached hydrogen (secondary N) is 1. The van der Waals surface area contributed by atoms with E-state index in [-0.39, 0.29) is 18.3 Å². The van der Waals surface area contributed by atoms with Crippen LogP contribution in [-0.2, 0) is 11.2 Å². The van der Waals surface area contributed by atoms with Gasteiger partial charge in [-0.3, -0.25) is 4.79 Å². The second-order valence-corrected chi connectivity index (χ2v) is 4.95. The number of halogens is 3. The first-order valence-electron chi connectivity index (χ1n) is 6.02. The predicted octanol–water partition coefficient (Wildman–Crippen LogP) is 3.20. The molecule has 19 heavy (non-hydrogen) atoms. The fourth-order valence-corrected chi connectivity index (χ4v) is 2.24. The molecular weight excluding hydrogens is 307 g/mol. The van der Waals surface area contributed by atoms with Gasteiger partial charge in [0.25, 0.3) is 0 Å². The van der Waals surface area contributed by atoms with Crippen LogP contribution < -0.4 is 11.1 Å².